The maximum absolute atomic E-state index is 6.06. The summed E-state index contributed by atoms with van der Waals surface area (Å²) in [6.45, 7) is 7.21. The summed E-state index contributed by atoms with van der Waals surface area (Å²) in [5.41, 5.74) is 7.14. The summed E-state index contributed by atoms with van der Waals surface area (Å²) < 4.78 is 5.38. The van der Waals surface area contributed by atoms with Crippen LogP contribution in [0.1, 0.15) is 26.3 Å². The Kier molecular flexibility index (Phi) is 7.42. The molecule has 0 aliphatic rings. The second kappa shape index (κ2) is 7.73. The van der Waals surface area contributed by atoms with Crippen molar-refractivity contribution in [1.29, 1.82) is 0 Å². The van der Waals surface area contributed by atoms with Crippen LogP contribution in [-0.2, 0) is 6.42 Å². The molecule has 3 nitrogen and oxygen atoms in total. The van der Waals surface area contributed by atoms with Crippen LogP contribution in [0.4, 0.5) is 0 Å². The van der Waals surface area contributed by atoms with Gasteiger partial charge in [-0.3, -0.25) is 0 Å². The van der Waals surface area contributed by atoms with Crippen LogP contribution in [-0.4, -0.2) is 37.2 Å². The van der Waals surface area contributed by atoms with Gasteiger partial charge in [-0.1, -0.05) is 18.2 Å². The van der Waals surface area contributed by atoms with Gasteiger partial charge in [0.05, 0.1) is 7.11 Å². The molecule has 1 rings (SSSR count). The van der Waals surface area contributed by atoms with Crippen LogP contribution in [0, 0.1) is 0 Å². The zero-order valence-electron chi connectivity index (χ0n) is 12.6. The number of benzene rings is 1. The van der Waals surface area contributed by atoms with Crippen molar-refractivity contribution in [3.8, 4) is 5.75 Å². The normalized spacial score (nSPS) is 13.0. The molecule has 1 aromatic rings. The highest BCUT2D eigenvalue weighted by atomic mass is 35.5. The molecule has 0 radical (unpaired) electrons. The minimum absolute atomic E-state index is 0. The fraction of sp³-hybridized carbons (Fsp3) is 0.600. The standard InChI is InChI=1S/C15H26N2O.ClH/c1-12(17(4)11-15(2,3)16)10-13-8-6-7-9-14(13)18-5;/h6-9,12H,10-11,16H2,1-5H3;1H. The van der Waals surface area contributed by atoms with Gasteiger partial charge in [-0.05, 0) is 45.9 Å². The van der Waals surface area contributed by atoms with Crippen LogP contribution in [0.25, 0.3) is 0 Å². The highest BCUT2D eigenvalue weighted by Gasteiger charge is 2.18. The summed E-state index contributed by atoms with van der Waals surface area (Å²) >= 11 is 0. The Bertz CT molecular complexity index is 377. The summed E-state index contributed by atoms with van der Waals surface area (Å²) in [5.74, 6) is 0.963. The first-order chi connectivity index (χ1) is 8.33. The van der Waals surface area contributed by atoms with Crippen LogP contribution >= 0.6 is 12.4 Å². The van der Waals surface area contributed by atoms with E-state index in [9.17, 15) is 0 Å². The molecular weight excluding hydrogens is 260 g/mol. The Hall–Kier alpha value is -0.770. The average molecular weight is 287 g/mol. The van der Waals surface area contributed by atoms with Gasteiger partial charge in [-0.25, -0.2) is 0 Å². The molecule has 110 valence electrons. The minimum atomic E-state index is -0.163. The molecule has 1 unspecified atom stereocenters. The Morgan fingerprint density at radius 1 is 1.32 bits per heavy atom. The Morgan fingerprint density at radius 3 is 2.42 bits per heavy atom. The molecule has 19 heavy (non-hydrogen) atoms. The van der Waals surface area contributed by atoms with Gasteiger partial charge in [-0.15, -0.1) is 12.4 Å². The third-order valence-electron chi connectivity index (χ3n) is 3.12. The molecule has 0 saturated heterocycles. The van der Waals surface area contributed by atoms with Crippen molar-refractivity contribution in [3.05, 3.63) is 29.8 Å². The molecule has 0 amide bonds. The van der Waals surface area contributed by atoms with Gasteiger partial charge in [0, 0.05) is 18.1 Å². The summed E-state index contributed by atoms with van der Waals surface area (Å²) in [5, 5.41) is 0. The van der Waals surface area contributed by atoms with Crippen molar-refractivity contribution in [2.24, 2.45) is 5.73 Å². The predicted molar refractivity (Wildman–Crippen MR) is 84.3 cm³/mol. The second-order valence-corrected chi connectivity index (χ2v) is 5.77. The monoisotopic (exact) mass is 286 g/mol. The topological polar surface area (TPSA) is 38.5 Å². The lowest BCUT2D eigenvalue weighted by molar-refractivity contribution is 0.211. The van der Waals surface area contributed by atoms with Crippen LogP contribution in [0.2, 0.25) is 0 Å². The first-order valence-corrected chi connectivity index (χ1v) is 6.44. The first kappa shape index (κ1) is 18.2. The number of para-hydroxylation sites is 1. The average Bonchev–Trinajstić information content (AvgIpc) is 2.27. The molecule has 0 fully saturated rings. The SMILES string of the molecule is COc1ccccc1CC(C)N(C)CC(C)(C)N.Cl. The lowest BCUT2D eigenvalue weighted by atomic mass is 10.0. The lowest BCUT2D eigenvalue weighted by Gasteiger charge is -2.31. The maximum atomic E-state index is 6.06. The molecule has 2 N–H and O–H groups in total. The number of ether oxygens (including phenoxy) is 1. The van der Waals surface area contributed by atoms with Gasteiger partial charge in [-0.2, -0.15) is 0 Å². The molecule has 0 aliphatic carbocycles. The summed E-state index contributed by atoms with van der Waals surface area (Å²) in [7, 11) is 3.84. The number of hydrogen-bond acceptors (Lipinski definition) is 3. The Labute approximate surface area is 123 Å². The largest absolute Gasteiger partial charge is 0.496 e. The van der Waals surface area contributed by atoms with Crippen molar-refractivity contribution in [2.45, 2.75) is 38.8 Å². The molecule has 4 heteroatoms. The van der Waals surface area contributed by atoms with E-state index in [1.165, 1.54) is 5.56 Å². The van der Waals surface area contributed by atoms with Crippen LogP contribution in [0.3, 0.4) is 0 Å². The zero-order valence-corrected chi connectivity index (χ0v) is 13.5. The predicted octanol–water partition coefficient (Wildman–Crippen LogP) is 2.72. The van der Waals surface area contributed by atoms with Crippen molar-refractivity contribution >= 4 is 12.4 Å². The van der Waals surface area contributed by atoms with E-state index in [2.05, 4.69) is 44.9 Å². The van der Waals surface area contributed by atoms with E-state index in [0.717, 1.165) is 18.7 Å². The smallest absolute Gasteiger partial charge is 0.122 e. The fourth-order valence-electron chi connectivity index (χ4n) is 2.14. The van der Waals surface area contributed by atoms with E-state index in [4.69, 9.17) is 10.5 Å². The van der Waals surface area contributed by atoms with Gasteiger partial charge >= 0.3 is 0 Å². The summed E-state index contributed by atoms with van der Waals surface area (Å²) in [6.07, 6.45) is 0.969. The highest BCUT2D eigenvalue weighted by Crippen LogP contribution is 2.20. The fourth-order valence-corrected chi connectivity index (χ4v) is 2.14. The summed E-state index contributed by atoms with van der Waals surface area (Å²) in [6, 6.07) is 8.62. The number of halogens is 1. The summed E-state index contributed by atoms with van der Waals surface area (Å²) in [4.78, 5) is 2.30. The van der Waals surface area contributed by atoms with Crippen molar-refractivity contribution in [1.82, 2.24) is 4.90 Å². The van der Waals surface area contributed by atoms with E-state index < -0.39 is 0 Å². The molecule has 0 heterocycles. The van der Waals surface area contributed by atoms with Crippen LogP contribution < -0.4 is 10.5 Å². The number of methoxy groups -OCH3 is 1. The molecule has 0 bridgehead atoms. The number of rotatable bonds is 6. The number of nitrogens with two attached hydrogens (primary N) is 1. The third kappa shape index (κ3) is 6.28. The van der Waals surface area contributed by atoms with E-state index in [1.807, 2.05) is 12.1 Å². The zero-order chi connectivity index (χ0) is 13.8. The maximum Gasteiger partial charge on any atom is 0.122 e. The van der Waals surface area contributed by atoms with Gasteiger partial charge < -0.3 is 15.4 Å². The minimum Gasteiger partial charge on any atom is -0.496 e. The molecule has 0 saturated carbocycles. The number of nitrogens with zero attached hydrogens (tertiary/aromatic N) is 1. The molecule has 0 spiro atoms. The van der Waals surface area contributed by atoms with Crippen molar-refractivity contribution < 1.29 is 4.74 Å². The Morgan fingerprint density at radius 2 is 1.89 bits per heavy atom. The van der Waals surface area contributed by atoms with Gasteiger partial charge in [0.1, 0.15) is 5.75 Å². The van der Waals surface area contributed by atoms with E-state index in [1.54, 1.807) is 7.11 Å². The van der Waals surface area contributed by atoms with Crippen LogP contribution in [0.15, 0.2) is 24.3 Å². The van der Waals surface area contributed by atoms with Crippen molar-refractivity contribution in [2.75, 3.05) is 20.7 Å². The van der Waals surface area contributed by atoms with E-state index in [0.29, 0.717) is 6.04 Å². The quantitative estimate of drug-likeness (QED) is 0.874. The van der Waals surface area contributed by atoms with Gasteiger partial charge in [0.25, 0.3) is 0 Å². The van der Waals surface area contributed by atoms with E-state index in [-0.39, 0.29) is 17.9 Å². The molecule has 1 atom stereocenters. The molecule has 0 aliphatic heterocycles. The second-order valence-electron chi connectivity index (χ2n) is 5.77. The first-order valence-electron chi connectivity index (χ1n) is 6.44. The van der Waals surface area contributed by atoms with E-state index >= 15 is 0 Å². The molecule has 0 aromatic heterocycles. The Balaban J connectivity index is 0.00000324. The lowest BCUT2D eigenvalue weighted by Crippen LogP contribution is -2.47. The number of likely N-dealkylation sites (N-methyl/N-ethyl adjacent to an activating group) is 1. The van der Waals surface area contributed by atoms with Gasteiger partial charge in [0.15, 0.2) is 0 Å². The molecular formula is C15H27ClN2O. The van der Waals surface area contributed by atoms with Crippen LogP contribution in [0.5, 0.6) is 5.75 Å². The highest BCUT2D eigenvalue weighted by molar-refractivity contribution is 5.85. The van der Waals surface area contributed by atoms with Crippen molar-refractivity contribution in [3.63, 3.8) is 0 Å². The third-order valence-corrected chi connectivity index (χ3v) is 3.12. The van der Waals surface area contributed by atoms with Gasteiger partial charge in [0.2, 0.25) is 0 Å². The molecule has 1 aromatic carbocycles. The number of hydrogen-bond donors (Lipinski definition) is 1.